The summed E-state index contributed by atoms with van der Waals surface area (Å²) in [6, 6.07) is 32.5. The summed E-state index contributed by atoms with van der Waals surface area (Å²) in [5.41, 5.74) is 4.49. The Balaban J connectivity index is 0.862. The smallest absolute Gasteiger partial charge is 0.119 e. The van der Waals surface area contributed by atoms with Crippen LogP contribution >= 0.6 is 0 Å². The van der Waals surface area contributed by atoms with Crippen LogP contribution in [0.5, 0.6) is 23.0 Å². The molecule has 6 heteroatoms. The maximum atomic E-state index is 6.03. The minimum absolute atomic E-state index is 0.266. The number of epoxide rings is 2. The van der Waals surface area contributed by atoms with Crippen molar-refractivity contribution < 1.29 is 28.4 Å². The average Bonchev–Trinajstić information content (AvgIpc) is 4.02. The van der Waals surface area contributed by atoms with Gasteiger partial charge in [-0.3, -0.25) is 0 Å². The summed E-state index contributed by atoms with van der Waals surface area (Å²) in [5, 5.41) is 0. The molecule has 0 saturated carbocycles. The molecule has 0 amide bonds. The van der Waals surface area contributed by atoms with Crippen molar-refractivity contribution in [1.82, 2.24) is 0 Å². The lowest BCUT2D eigenvalue weighted by Gasteiger charge is -2.14. The highest BCUT2D eigenvalue weighted by molar-refractivity contribution is 5.71. The van der Waals surface area contributed by atoms with Crippen molar-refractivity contribution in [3.8, 4) is 23.0 Å². The van der Waals surface area contributed by atoms with Crippen LogP contribution in [0.3, 0.4) is 0 Å². The van der Waals surface area contributed by atoms with Crippen LogP contribution in [0.1, 0.15) is 35.6 Å². The van der Waals surface area contributed by atoms with Crippen molar-refractivity contribution in [2.24, 2.45) is 5.92 Å². The maximum Gasteiger partial charge on any atom is 0.119 e. The highest BCUT2D eigenvalue weighted by Crippen LogP contribution is 2.21. The van der Waals surface area contributed by atoms with Crippen molar-refractivity contribution in [2.45, 2.75) is 25.6 Å². The van der Waals surface area contributed by atoms with E-state index in [0.717, 1.165) is 64.9 Å². The summed E-state index contributed by atoms with van der Waals surface area (Å²) in [5.74, 6) is 3.85. The Morgan fingerprint density at radius 2 is 0.867 bits per heavy atom. The van der Waals surface area contributed by atoms with E-state index in [9.17, 15) is 0 Å². The summed E-state index contributed by atoms with van der Waals surface area (Å²) in [6.45, 7) is 6.33. The molecule has 2 heterocycles. The standard InChI is InChI=1S/C39H40O6/c1-29(24-41-35-16-8-31(9-17-35)4-5-33-12-20-37(21-13-33)43-26-39-28-45-39)22-23-40-34-14-6-30(7-15-34)2-3-32-10-18-36(19-11-32)42-25-38-27-44-38/h2-21,29,38-39H,22-28H2,1H3. The van der Waals surface area contributed by atoms with Gasteiger partial charge < -0.3 is 28.4 Å². The van der Waals surface area contributed by atoms with E-state index >= 15 is 0 Å². The number of rotatable bonds is 17. The van der Waals surface area contributed by atoms with Crippen LogP contribution in [0.15, 0.2) is 97.1 Å². The third kappa shape index (κ3) is 10.6. The van der Waals surface area contributed by atoms with E-state index in [0.29, 0.717) is 32.3 Å². The summed E-state index contributed by atoms with van der Waals surface area (Å²) in [7, 11) is 0. The molecule has 0 aromatic heterocycles. The molecule has 0 bridgehead atoms. The first kappa shape index (κ1) is 30.5. The number of hydrogen-bond donors (Lipinski definition) is 0. The first-order chi connectivity index (χ1) is 22.1. The van der Waals surface area contributed by atoms with Gasteiger partial charge in [-0.25, -0.2) is 0 Å². The minimum Gasteiger partial charge on any atom is -0.494 e. The molecule has 6 nitrogen and oxygen atoms in total. The van der Waals surface area contributed by atoms with Crippen molar-refractivity contribution >= 4 is 24.3 Å². The van der Waals surface area contributed by atoms with E-state index < -0.39 is 0 Å². The summed E-state index contributed by atoms with van der Waals surface area (Å²) in [6.07, 6.45) is 9.83. The van der Waals surface area contributed by atoms with Crippen molar-refractivity contribution in [2.75, 3.05) is 39.6 Å². The van der Waals surface area contributed by atoms with Crippen LogP contribution in [0, 0.1) is 5.92 Å². The normalized spacial score (nSPS) is 17.7. The third-order valence-corrected chi connectivity index (χ3v) is 7.55. The van der Waals surface area contributed by atoms with Crippen molar-refractivity contribution in [3.63, 3.8) is 0 Å². The molecule has 2 fully saturated rings. The first-order valence-electron chi connectivity index (χ1n) is 15.7. The molecular formula is C39H40O6. The fraction of sp³-hybridized carbons (Fsp3) is 0.282. The van der Waals surface area contributed by atoms with Crippen molar-refractivity contribution in [3.05, 3.63) is 119 Å². The maximum absolute atomic E-state index is 6.03. The Kier molecular flexibility index (Phi) is 10.5. The fourth-order valence-electron chi connectivity index (χ4n) is 4.49. The Bertz CT molecular complexity index is 1520. The van der Waals surface area contributed by atoms with Gasteiger partial charge in [0.15, 0.2) is 0 Å². The van der Waals surface area contributed by atoms with Gasteiger partial charge in [-0.1, -0.05) is 79.8 Å². The molecule has 0 spiro atoms. The van der Waals surface area contributed by atoms with E-state index in [1.165, 1.54) is 0 Å². The van der Waals surface area contributed by atoms with Gasteiger partial charge in [0.25, 0.3) is 0 Å². The molecule has 0 radical (unpaired) electrons. The second-order valence-corrected chi connectivity index (χ2v) is 11.5. The van der Waals surface area contributed by atoms with Crippen molar-refractivity contribution in [1.29, 1.82) is 0 Å². The van der Waals surface area contributed by atoms with E-state index in [1.807, 2.05) is 48.5 Å². The van der Waals surface area contributed by atoms with Gasteiger partial charge >= 0.3 is 0 Å². The Labute approximate surface area is 265 Å². The molecule has 2 aliphatic rings. The fourth-order valence-corrected chi connectivity index (χ4v) is 4.49. The molecule has 0 N–H and O–H groups in total. The predicted octanol–water partition coefficient (Wildman–Crippen LogP) is 8.07. The van der Waals surface area contributed by atoms with E-state index in [2.05, 4.69) is 79.8 Å². The first-order valence-corrected chi connectivity index (χ1v) is 15.7. The Hall–Kier alpha value is -4.52. The topological polar surface area (TPSA) is 62.0 Å². The zero-order chi connectivity index (χ0) is 30.7. The van der Waals surface area contributed by atoms with Gasteiger partial charge in [0.2, 0.25) is 0 Å². The van der Waals surface area contributed by atoms with Crippen LogP contribution < -0.4 is 18.9 Å². The van der Waals surface area contributed by atoms with Crippen LogP contribution in [-0.2, 0) is 9.47 Å². The molecule has 45 heavy (non-hydrogen) atoms. The Morgan fingerprint density at radius 3 is 1.22 bits per heavy atom. The van der Waals surface area contributed by atoms with Crippen LogP contribution in [0.25, 0.3) is 24.3 Å². The molecule has 232 valence electrons. The molecule has 0 aliphatic carbocycles. The van der Waals surface area contributed by atoms with E-state index in [4.69, 9.17) is 28.4 Å². The number of ether oxygens (including phenoxy) is 6. The zero-order valence-electron chi connectivity index (χ0n) is 25.7. The van der Waals surface area contributed by atoms with E-state index in [-0.39, 0.29) is 12.2 Å². The SMILES string of the molecule is CC(CCOc1ccc(C=Cc2ccc(OCC3CO3)cc2)cc1)COc1ccc(C=Cc2ccc(OCC3CO3)cc2)cc1. The zero-order valence-corrected chi connectivity index (χ0v) is 25.7. The van der Waals surface area contributed by atoms with Gasteiger partial charge in [0.1, 0.15) is 48.4 Å². The van der Waals surface area contributed by atoms with Gasteiger partial charge in [0.05, 0.1) is 26.4 Å². The largest absolute Gasteiger partial charge is 0.494 e. The van der Waals surface area contributed by atoms with Gasteiger partial charge in [-0.2, -0.15) is 0 Å². The van der Waals surface area contributed by atoms with Gasteiger partial charge in [-0.05, 0) is 83.1 Å². The highest BCUT2D eigenvalue weighted by atomic mass is 16.6. The molecule has 2 saturated heterocycles. The summed E-state index contributed by atoms with van der Waals surface area (Å²) in [4.78, 5) is 0. The predicted molar refractivity (Wildman–Crippen MR) is 179 cm³/mol. The van der Waals surface area contributed by atoms with Gasteiger partial charge in [-0.15, -0.1) is 0 Å². The van der Waals surface area contributed by atoms with Crippen LogP contribution in [-0.4, -0.2) is 51.8 Å². The second-order valence-electron chi connectivity index (χ2n) is 11.5. The molecule has 4 aromatic carbocycles. The summed E-state index contributed by atoms with van der Waals surface area (Å²) >= 11 is 0. The Morgan fingerprint density at radius 1 is 0.533 bits per heavy atom. The molecule has 4 aromatic rings. The second kappa shape index (κ2) is 15.5. The molecule has 3 atom stereocenters. The van der Waals surface area contributed by atoms with Gasteiger partial charge in [0, 0.05) is 0 Å². The molecular weight excluding hydrogens is 564 g/mol. The minimum atomic E-state index is 0.266. The van der Waals surface area contributed by atoms with Crippen LogP contribution in [0.4, 0.5) is 0 Å². The average molecular weight is 605 g/mol. The number of hydrogen-bond acceptors (Lipinski definition) is 6. The monoisotopic (exact) mass is 604 g/mol. The molecule has 6 rings (SSSR count). The molecule has 3 unspecified atom stereocenters. The third-order valence-electron chi connectivity index (χ3n) is 7.55. The van der Waals surface area contributed by atoms with Crippen LogP contribution in [0.2, 0.25) is 0 Å². The lowest BCUT2D eigenvalue weighted by molar-refractivity contribution is 0.217. The molecule has 2 aliphatic heterocycles. The number of benzene rings is 4. The quantitative estimate of drug-likeness (QED) is 0.0897. The lowest BCUT2D eigenvalue weighted by atomic mass is 10.1. The van der Waals surface area contributed by atoms with E-state index in [1.54, 1.807) is 0 Å². The lowest BCUT2D eigenvalue weighted by Crippen LogP contribution is -2.12. The summed E-state index contributed by atoms with van der Waals surface area (Å²) < 4.78 is 33.8. The highest BCUT2D eigenvalue weighted by Gasteiger charge is 2.23.